The molecule has 26 heavy (non-hydrogen) atoms. The van der Waals surface area contributed by atoms with Crippen LogP contribution in [0.2, 0.25) is 0 Å². The average molecular weight is 365 g/mol. The first kappa shape index (κ1) is 18.0. The van der Waals surface area contributed by atoms with Crippen molar-refractivity contribution in [2.75, 3.05) is 10.2 Å². The predicted molar refractivity (Wildman–Crippen MR) is 102 cm³/mol. The standard InChI is InChI=1S/C21H20N4.ClH/c1-16-10-9-11-17(2)20(16)25-23-21(18-12-5-3-6-13-18)22-24(25)19-14-7-4-8-15-19;/h3-15H,1-2H3,(H,22,23);1H. The van der Waals surface area contributed by atoms with E-state index in [9.17, 15) is 0 Å². The van der Waals surface area contributed by atoms with E-state index in [2.05, 4.69) is 66.9 Å². The third-order valence-corrected chi connectivity index (χ3v) is 4.38. The highest BCUT2D eigenvalue weighted by atomic mass is 35.5. The molecule has 0 aliphatic carbocycles. The number of hydrogen-bond donors (Lipinski definition) is 1. The van der Waals surface area contributed by atoms with Gasteiger partial charge in [-0.25, -0.2) is 0 Å². The van der Waals surface area contributed by atoms with E-state index >= 15 is 0 Å². The first-order valence-corrected chi connectivity index (χ1v) is 8.43. The molecule has 0 fully saturated rings. The Morgan fingerprint density at radius 2 is 1.31 bits per heavy atom. The van der Waals surface area contributed by atoms with Gasteiger partial charge >= 0.3 is 0 Å². The monoisotopic (exact) mass is 364 g/mol. The van der Waals surface area contributed by atoms with Gasteiger partial charge in [-0.05, 0) is 49.2 Å². The number of hydrazine groups is 1. The molecule has 1 aliphatic heterocycles. The first-order chi connectivity index (χ1) is 12.2. The number of halogens is 1. The minimum absolute atomic E-state index is 0. The highest BCUT2D eigenvalue weighted by Crippen LogP contribution is 2.29. The zero-order chi connectivity index (χ0) is 17.2. The highest BCUT2D eigenvalue weighted by Gasteiger charge is 2.32. The maximum absolute atomic E-state index is 4.93. The molecule has 4 rings (SSSR count). The van der Waals surface area contributed by atoms with Gasteiger partial charge in [-0.2, -0.15) is 5.43 Å². The van der Waals surface area contributed by atoms with Gasteiger partial charge in [-0.3, -0.25) is 0 Å². The SMILES string of the molecule is Cc1cccc(C)c1N1N=C(c2ccccc2)[NH2+]N1c1ccccc1.[Cl-]. The van der Waals surface area contributed by atoms with Crippen molar-refractivity contribution in [3.63, 3.8) is 0 Å². The molecule has 4 nitrogen and oxygen atoms in total. The number of para-hydroxylation sites is 2. The van der Waals surface area contributed by atoms with Crippen molar-refractivity contribution >= 4 is 17.2 Å². The Hall–Kier alpha value is -2.82. The lowest BCUT2D eigenvalue weighted by atomic mass is 10.1. The maximum atomic E-state index is 4.93. The van der Waals surface area contributed by atoms with E-state index in [-0.39, 0.29) is 12.4 Å². The largest absolute Gasteiger partial charge is 1.00 e. The molecule has 2 N–H and O–H groups in total. The van der Waals surface area contributed by atoms with Crippen molar-refractivity contribution in [3.05, 3.63) is 95.6 Å². The molecule has 0 radical (unpaired) electrons. The van der Waals surface area contributed by atoms with Crippen LogP contribution in [0, 0.1) is 13.8 Å². The Morgan fingerprint density at radius 3 is 1.92 bits per heavy atom. The lowest BCUT2D eigenvalue weighted by Gasteiger charge is -2.26. The second kappa shape index (κ2) is 7.60. The molecule has 5 heteroatoms. The van der Waals surface area contributed by atoms with E-state index in [4.69, 9.17) is 5.10 Å². The van der Waals surface area contributed by atoms with Crippen LogP contribution >= 0.6 is 0 Å². The van der Waals surface area contributed by atoms with E-state index in [1.807, 2.05) is 41.5 Å². The van der Waals surface area contributed by atoms with Gasteiger partial charge < -0.3 is 12.4 Å². The third-order valence-electron chi connectivity index (χ3n) is 4.38. The lowest BCUT2D eigenvalue weighted by Crippen LogP contribution is -3.00. The number of quaternary nitrogens is 1. The zero-order valence-corrected chi connectivity index (χ0v) is 15.6. The molecule has 0 saturated carbocycles. The van der Waals surface area contributed by atoms with Gasteiger partial charge in [0.2, 0.25) is 0 Å². The maximum Gasteiger partial charge on any atom is 0.277 e. The summed E-state index contributed by atoms with van der Waals surface area (Å²) in [7, 11) is 0. The van der Waals surface area contributed by atoms with Gasteiger partial charge in [0, 0.05) is 0 Å². The Morgan fingerprint density at radius 1 is 0.731 bits per heavy atom. The second-order valence-electron chi connectivity index (χ2n) is 6.19. The van der Waals surface area contributed by atoms with E-state index in [1.165, 1.54) is 11.1 Å². The normalized spacial score (nSPS) is 13.4. The molecule has 1 heterocycles. The fourth-order valence-electron chi connectivity index (χ4n) is 3.13. The molecule has 132 valence electrons. The summed E-state index contributed by atoms with van der Waals surface area (Å²) in [6.45, 7) is 4.25. The molecule has 0 unspecified atom stereocenters. The van der Waals surface area contributed by atoms with Crippen molar-refractivity contribution in [2.45, 2.75) is 13.8 Å². The fraction of sp³-hybridized carbons (Fsp3) is 0.0952. The van der Waals surface area contributed by atoms with Gasteiger partial charge in [-0.15, -0.1) is 10.2 Å². The first-order valence-electron chi connectivity index (χ1n) is 8.43. The van der Waals surface area contributed by atoms with Crippen LogP contribution in [0.4, 0.5) is 11.4 Å². The number of nitrogens with zero attached hydrogens (tertiary/aromatic N) is 3. The molecular formula is C21H21ClN4. The van der Waals surface area contributed by atoms with E-state index < -0.39 is 0 Å². The summed E-state index contributed by atoms with van der Waals surface area (Å²) < 4.78 is 0. The van der Waals surface area contributed by atoms with E-state index in [0.717, 1.165) is 22.8 Å². The number of anilines is 2. The van der Waals surface area contributed by atoms with Crippen molar-refractivity contribution in [2.24, 2.45) is 5.10 Å². The highest BCUT2D eigenvalue weighted by molar-refractivity contribution is 5.94. The van der Waals surface area contributed by atoms with Crippen LogP contribution in [-0.2, 0) is 0 Å². The number of hydrazone groups is 1. The molecule has 0 amide bonds. The molecule has 1 aliphatic rings. The predicted octanol–water partition coefficient (Wildman–Crippen LogP) is 0.389. The lowest BCUT2D eigenvalue weighted by molar-refractivity contribution is -0.545. The third kappa shape index (κ3) is 3.29. The summed E-state index contributed by atoms with van der Waals surface area (Å²) in [6, 6.07) is 26.9. The van der Waals surface area contributed by atoms with Crippen molar-refractivity contribution < 1.29 is 17.8 Å². The molecular weight excluding hydrogens is 344 g/mol. The Labute approximate surface area is 160 Å². The quantitative estimate of drug-likeness (QED) is 0.682. The number of hydrogen-bond acceptors (Lipinski definition) is 3. The Bertz CT molecular complexity index is 890. The van der Waals surface area contributed by atoms with Gasteiger partial charge in [-0.1, -0.05) is 59.7 Å². The van der Waals surface area contributed by atoms with Crippen LogP contribution in [0.1, 0.15) is 16.7 Å². The Balaban J connectivity index is 0.00000196. The van der Waals surface area contributed by atoms with Crippen LogP contribution in [0.3, 0.4) is 0 Å². The smallest absolute Gasteiger partial charge is 0.277 e. The number of nitrogens with two attached hydrogens (primary N) is 1. The molecule has 0 spiro atoms. The summed E-state index contributed by atoms with van der Waals surface area (Å²) in [5, 5.41) is 9.04. The van der Waals surface area contributed by atoms with Crippen molar-refractivity contribution in [1.29, 1.82) is 0 Å². The summed E-state index contributed by atoms with van der Waals surface area (Å²) in [5.41, 5.74) is 7.81. The molecule has 0 aromatic heterocycles. The molecule has 0 saturated heterocycles. The van der Waals surface area contributed by atoms with Crippen LogP contribution in [0.25, 0.3) is 0 Å². The number of amidine groups is 1. The fourth-order valence-corrected chi connectivity index (χ4v) is 3.13. The number of rotatable bonds is 3. The van der Waals surface area contributed by atoms with Crippen LogP contribution < -0.4 is 28.1 Å². The Kier molecular flexibility index (Phi) is 5.26. The van der Waals surface area contributed by atoms with Gasteiger partial charge in [0.25, 0.3) is 5.84 Å². The van der Waals surface area contributed by atoms with Crippen LogP contribution in [0.5, 0.6) is 0 Å². The minimum atomic E-state index is 0. The summed E-state index contributed by atoms with van der Waals surface area (Å²) >= 11 is 0. The molecule has 0 atom stereocenters. The summed E-state index contributed by atoms with van der Waals surface area (Å²) in [4.78, 5) is 0. The minimum Gasteiger partial charge on any atom is -1.00 e. The van der Waals surface area contributed by atoms with Gasteiger partial charge in [0.1, 0.15) is 5.69 Å². The van der Waals surface area contributed by atoms with Gasteiger partial charge in [0.15, 0.2) is 0 Å². The number of aryl methyl sites for hydroxylation is 2. The topological polar surface area (TPSA) is 35.5 Å². The molecule has 0 bridgehead atoms. The van der Waals surface area contributed by atoms with Crippen LogP contribution in [0.15, 0.2) is 84.0 Å². The summed E-state index contributed by atoms with van der Waals surface area (Å²) in [6.07, 6.45) is 0. The van der Waals surface area contributed by atoms with Gasteiger partial charge in [0.05, 0.1) is 11.3 Å². The zero-order valence-electron chi connectivity index (χ0n) is 14.8. The molecule has 3 aromatic carbocycles. The van der Waals surface area contributed by atoms with E-state index in [0.29, 0.717) is 0 Å². The van der Waals surface area contributed by atoms with Crippen molar-refractivity contribution in [1.82, 2.24) is 0 Å². The second-order valence-corrected chi connectivity index (χ2v) is 6.19. The van der Waals surface area contributed by atoms with Crippen LogP contribution in [-0.4, -0.2) is 5.84 Å². The van der Waals surface area contributed by atoms with Crippen molar-refractivity contribution in [3.8, 4) is 0 Å². The molecule has 3 aromatic rings. The summed E-state index contributed by atoms with van der Waals surface area (Å²) in [5.74, 6) is 0.951. The average Bonchev–Trinajstić information content (AvgIpc) is 3.08. The number of benzene rings is 3. The van der Waals surface area contributed by atoms with E-state index in [1.54, 1.807) is 0 Å².